The van der Waals surface area contributed by atoms with Gasteiger partial charge in [0, 0.05) is 38.4 Å². The van der Waals surface area contributed by atoms with E-state index in [1.807, 2.05) is 33.9 Å². The fourth-order valence-corrected chi connectivity index (χ4v) is 5.04. The molecular weight excluding hydrogens is 382 g/mol. The van der Waals surface area contributed by atoms with Crippen molar-refractivity contribution >= 4 is 16.8 Å². The predicted octanol–water partition coefficient (Wildman–Crippen LogP) is 1.45. The third-order valence-electron chi connectivity index (χ3n) is 6.67. The molecule has 30 heavy (non-hydrogen) atoms. The van der Waals surface area contributed by atoms with E-state index in [0.717, 1.165) is 6.42 Å². The maximum atomic E-state index is 12.8. The van der Waals surface area contributed by atoms with Crippen LogP contribution in [0.5, 0.6) is 0 Å². The van der Waals surface area contributed by atoms with Gasteiger partial charge in [0.2, 0.25) is 5.91 Å². The number of hydrogen-bond acceptors (Lipinski definition) is 5. The Morgan fingerprint density at radius 1 is 1.13 bits per heavy atom. The average Bonchev–Trinajstić information content (AvgIpc) is 3.42. The first-order chi connectivity index (χ1) is 14.6. The highest BCUT2D eigenvalue weighted by molar-refractivity contribution is 5.77. The predicted molar refractivity (Wildman–Crippen MR) is 111 cm³/mol. The highest BCUT2D eigenvalue weighted by atomic mass is 16.3. The van der Waals surface area contributed by atoms with Crippen molar-refractivity contribution in [3.63, 3.8) is 0 Å². The van der Waals surface area contributed by atoms with Crippen molar-refractivity contribution in [2.75, 3.05) is 13.1 Å². The lowest BCUT2D eigenvalue weighted by Crippen LogP contribution is -2.35. The topological polar surface area (TPSA) is 93.3 Å². The lowest BCUT2D eigenvalue weighted by molar-refractivity contribution is -0.130. The number of para-hydroxylation sites is 1. The summed E-state index contributed by atoms with van der Waals surface area (Å²) in [7, 11) is 0. The van der Waals surface area contributed by atoms with Gasteiger partial charge in [-0.15, -0.1) is 0 Å². The smallest absolute Gasteiger partial charge is 0.261 e. The number of aliphatic hydroxyl groups is 1. The summed E-state index contributed by atoms with van der Waals surface area (Å²) in [5.41, 5.74) is 0.550. The molecule has 1 saturated heterocycles. The van der Waals surface area contributed by atoms with Crippen LogP contribution in [0, 0.1) is 11.8 Å². The molecule has 156 valence electrons. The van der Waals surface area contributed by atoms with Gasteiger partial charge < -0.3 is 14.6 Å². The maximum absolute atomic E-state index is 12.8. The Bertz CT molecular complexity index is 1110. The van der Waals surface area contributed by atoms with Gasteiger partial charge in [0.05, 0.1) is 35.7 Å². The third-order valence-corrected chi connectivity index (χ3v) is 6.67. The number of imidazole rings is 1. The molecule has 2 fully saturated rings. The fourth-order valence-electron chi connectivity index (χ4n) is 5.04. The van der Waals surface area contributed by atoms with Gasteiger partial charge in [-0.25, -0.2) is 9.97 Å². The lowest BCUT2D eigenvalue weighted by atomic mass is 9.77. The Morgan fingerprint density at radius 2 is 1.93 bits per heavy atom. The van der Waals surface area contributed by atoms with Crippen LogP contribution < -0.4 is 5.56 Å². The van der Waals surface area contributed by atoms with E-state index in [2.05, 4.69) is 9.97 Å². The second kappa shape index (κ2) is 7.68. The van der Waals surface area contributed by atoms with Crippen molar-refractivity contribution in [2.45, 2.75) is 38.0 Å². The number of carbonyl (C=O) groups is 1. The lowest BCUT2D eigenvalue weighted by Gasteiger charge is -2.35. The first-order valence-electron chi connectivity index (χ1n) is 10.5. The molecule has 0 radical (unpaired) electrons. The van der Waals surface area contributed by atoms with Gasteiger partial charge in [-0.1, -0.05) is 12.1 Å². The first kappa shape index (κ1) is 19.0. The van der Waals surface area contributed by atoms with Gasteiger partial charge in [0.15, 0.2) is 0 Å². The van der Waals surface area contributed by atoms with E-state index in [1.54, 1.807) is 18.6 Å². The van der Waals surface area contributed by atoms with Crippen LogP contribution in [0.2, 0.25) is 0 Å². The molecule has 5 rings (SSSR count). The molecule has 3 aromatic rings. The van der Waals surface area contributed by atoms with Crippen molar-refractivity contribution in [2.24, 2.45) is 11.8 Å². The number of benzene rings is 1. The summed E-state index contributed by atoms with van der Waals surface area (Å²) in [6.45, 7) is 1.72. The monoisotopic (exact) mass is 407 g/mol. The minimum atomic E-state index is -0.419. The fraction of sp³-hybridized carbons (Fsp3) is 0.455. The van der Waals surface area contributed by atoms with Gasteiger partial charge in [0.1, 0.15) is 0 Å². The Balaban J connectivity index is 1.23. The van der Waals surface area contributed by atoms with E-state index >= 15 is 0 Å². The van der Waals surface area contributed by atoms with Crippen LogP contribution in [0.25, 0.3) is 10.9 Å². The molecule has 1 saturated carbocycles. The van der Waals surface area contributed by atoms with E-state index in [9.17, 15) is 14.7 Å². The van der Waals surface area contributed by atoms with Crippen LogP contribution in [0.15, 0.2) is 54.1 Å². The van der Waals surface area contributed by atoms with E-state index in [1.165, 1.54) is 10.9 Å². The molecule has 1 amide bonds. The first-order valence-corrected chi connectivity index (χ1v) is 10.5. The number of aliphatic hydroxyl groups excluding tert-OH is 1. The molecule has 0 spiro atoms. The molecule has 8 nitrogen and oxygen atoms in total. The van der Waals surface area contributed by atoms with Gasteiger partial charge in [0.25, 0.3) is 5.56 Å². The quantitative estimate of drug-likeness (QED) is 0.707. The van der Waals surface area contributed by atoms with Gasteiger partial charge in [-0.05, 0) is 36.8 Å². The van der Waals surface area contributed by atoms with E-state index in [0.29, 0.717) is 48.8 Å². The summed E-state index contributed by atoms with van der Waals surface area (Å²) >= 11 is 0. The van der Waals surface area contributed by atoms with Gasteiger partial charge in [-0.2, -0.15) is 0 Å². The van der Waals surface area contributed by atoms with E-state index < -0.39 is 6.10 Å². The highest BCUT2D eigenvalue weighted by Gasteiger charge is 2.43. The van der Waals surface area contributed by atoms with Crippen LogP contribution in [0.1, 0.15) is 25.3 Å². The number of amides is 1. The van der Waals surface area contributed by atoms with E-state index in [4.69, 9.17) is 0 Å². The Labute approximate surface area is 173 Å². The number of fused-ring (bicyclic) bond motifs is 2. The summed E-state index contributed by atoms with van der Waals surface area (Å²) in [5.74, 6) is 0.765. The third kappa shape index (κ3) is 3.41. The standard InChI is InChI=1S/C22H25N5O3/c28-20-10-16-12-27(11-15(16)9-19(20)25-8-6-23-13-25)21(29)5-7-26-14-24-18-4-2-1-3-17(18)22(26)30/h1-4,6,8,13-16,19-20,28H,5,7,9-12H2/t15-,16+,19-,20-/m1/s1. The number of carbonyl (C=O) groups excluding carboxylic acids is 1. The maximum Gasteiger partial charge on any atom is 0.261 e. The molecule has 4 atom stereocenters. The summed E-state index contributed by atoms with van der Waals surface area (Å²) in [6.07, 6.45) is 8.29. The number of rotatable bonds is 4. The molecule has 2 aliphatic rings. The second-order valence-electron chi connectivity index (χ2n) is 8.45. The second-order valence-corrected chi connectivity index (χ2v) is 8.45. The molecule has 0 bridgehead atoms. The van der Waals surface area contributed by atoms with Crippen LogP contribution in [-0.4, -0.2) is 54.2 Å². The number of likely N-dealkylation sites (tertiary alicyclic amines) is 1. The average molecular weight is 407 g/mol. The molecule has 3 heterocycles. The number of aryl methyl sites for hydroxylation is 1. The van der Waals surface area contributed by atoms with Gasteiger partial charge >= 0.3 is 0 Å². The molecule has 1 aliphatic carbocycles. The number of aromatic nitrogens is 4. The normalized spacial score (nSPS) is 26.1. The SMILES string of the molecule is O=C(CCn1cnc2ccccc2c1=O)N1C[C@H]2C[C@@H](n3ccnc3)[C@H](O)C[C@H]2C1. The van der Waals surface area contributed by atoms with Crippen molar-refractivity contribution in [1.29, 1.82) is 0 Å². The molecule has 1 aromatic carbocycles. The van der Waals surface area contributed by atoms with Crippen molar-refractivity contribution in [1.82, 2.24) is 24.0 Å². The zero-order valence-corrected chi connectivity index (χ0v) is 16.7. The summed E-state index contributed by atoms with van der Waals surface area (Å²) < 4.78 is 3.49. The Morgan fingerprint density at radius 3 is 2.73 bits per heavy atom. The zero-order chi connectivity index (χ0) is 20.7. The molecule has 2 aromatic heterocycles. The van der Waals surface area contributed by atoms with Crippen LogP contribution in [0.4, 0.5) is 0 Å². The van der Waals surface area contributed by atoms with Crippen LogP contribution >= 0.6 is 0 Å². The highest BCUT2D eigenvalue weighted by Crippen LogP contribution is 2.41. The Kier molecular flexibility index (Phi) is 4.86. The van der Waals surface area contributed by atoms with Crippen molar-refractivity contribution in [3.8, 4) is 0 Å². The van der Waals surface area contributed by atoms with Gasteiger partial charge in [-0.3, -0.25) is 14.2 Å². The molecule has 1 N–H and O–H groups in total. The minimum Gasteiger partial charge on any atom is -0.391 e. The molecule has 8 heteroatoms. The minimum absolute atomic E-state index is 0.0195. The van der Waals surface area contributed by atoms with Crippen molar-refractivity contribution < 1.29 is 9.90 Å². The van der Waals surface area contributed by atoms with Crippen LogP contribution in [-0.2, 0) is 11.3 Å². The molecule has 0 unspecified atom stereocenters. The number of hydrogen-bond donors (Lipinski definition) is 1. The van der Waals surface area contributed by atoms with Crippen LogP contribution in [0.3, 0.4) is 0 Å². The summed E-state index contributed by atoms with van der Waals surface area (Å²) in [4.78, 5) is 35.8. The summed E-state index contributed by atoms with van der Waals surface area (Å²) in [5, 5.41) is 11.2. The number of nitrogens with zero attached hydrogens (tertiary/aromatic N) is 5. The molecule has 1 aliphatic heterocycles. The largest absolute Gasteiger partial charge is 0.391 e. The summed E-state index contributed by atoms with van der Waals surface area (Å²) in [6, 6.07) is 7.26. The zero-order valence-electron chi connectivity index (χ0n) is 16.7. The van der Waals surface area contributed by atoms with E-state index in [-0.39, 0.29) is 23.9 Å². The van der Waals surface area contributed by atoms with Crippen molar-refractivity contribution in [3.05, 3.63) is 59.7 Å². The molecular formula is C22H25N5O3. The Hall–Kier alpha value is -3.00.